The molecule has 0 radical (unpaired) electrons. The lowest BCUT2D eigenvalue weighted by molar-refractivity contribution is 0.947. The molecule has 0 aliphatic heterocycles. The van der Waals surface area contributed by atoms with Gasteiger partial charge < -0.3 is 9.47 Å². The van der Waals surface area contributed by atoms with Crippen LogP contribution in [-0.2, 0) is 7.05 Å². The molecular formula is C18H16N6. The molecule has 4 aromatic rings. The number of nitrogens with zero attached hydrogens (tertiary/aromatic N) is 6. The zero-order valence-electron chi connectivity index (χ0n) is 13.5. The fourth-order valence-electron chi connectivity index (χ4n) is 2.62. The fraction of sp³-hybridized carbons (Fsp3) is 0.111. The van der Waals surface area contributed by atoms with Gasteiger partial charge in [0.2, 0.25) is 5.95 Å². The summed E-state index contributed by atoms with van der Waals surface area (Å²) in [6.45, 7) is 0. The van der Waals surface area contributed by atoms with E-state index in [1.165, 1.54) is 0 Å². The number of imidazole rings is 1. The number of hydrogen-bond acceptors (Lipinski definition) is 5. The van der Waals surface area contributed by atoms with E-state index in [1.54, 1.807) is 12.4 Å². The molecule has 4 rings (SSSR count). The van der Waals surface area contributed by atoms with Crippen LogP contribution < -0.4 is 4.90 Å². The van der Waals surface area contributed by atoms with Crippen molar-refractivity contribution in [1.29, 1.82) is 0 Å². The predicted molar refractivity (Wildman–Crippen MR) is 94.0 cm³/mol. The van der Waals surface area contributed by atoms with Crippen molar-refractivity contribution in [3.63, 3.8) is 0 Å². The molecule has 0 spiro atoms. The number of benzene rings is 1. The summed E-state index contributed by atoms with van der Waals surface area (Å²) >= 11 is 0. The summed E-state index contributed by atoms with van der Waals surface area (Å²) < 4.78 is 2.00. The Morgan fingerprint density at radius 3 is 2.67 bits per heavy atom. The lowest BCUT2D eigenvalue weighted by Crippen LogP contribution is -2.13. The Bertz CT molecular complexity index is 993. The highest BCUT2D eigenvalue weighted by molar-refractivity contribution is 5.80. The van der Waals surface area contributed by atoms with Gasteiger partial charge in [-0.15, -0.1) is 0 Å². The average Bonchev–Trinajstić information content (AvgIpc) is 3.02. The van der Waals surface area contributed by atoms with Crippen molar-refractivity contribution in [2.45, 2.75) is 0 Å². The largest absolute Gasteiger partial charge is 0.334 e. The first kappa shape index (κ1) is 14.3. The number of hydrogen-bond donors (Lipinski definition) is 0. The van der Waals surface area contributed by atoms with Gasteiger partial charge in [-0.2, -0.15) is 0 Å². The van der Waals surface area contributed by atoms with Crippen LogP contribution in [0.5, 0.6) is 0 Å². The summed E-state index contributed by atoms with van der Waals surface area (Å²) in [5.41, 5.74) is 4.65. The summed E-state index contributed by atoms with van der Waals surface area (Å²) in [7, 11) is 3.93. The second kappa shape index (κ2) is 5.73. The summed E-state index contributed by atoms with van der Waals surface area (Å²) in [5.74, 6) is 0.619. The van der Waals surface area contributed by atoms with Crippen molar-refractivity contribution in [3.05, 3.63) is 61.2 Å². The Hall–Kier alpha value is -3.28. The van der Waals surface area contributed by atoms with Crippen LogP contribution >= 0.6 is 0 Å². The van der Waals surface area contributed by atoms with Crippen molar-refractivity contribution < 1.29 is 0 Å². The summed E-state index contributed by atoms with van der Waals surface area (Å²) in [4.78, 5) is 19.7. The van der Waals surface area contributed by atoms with Crippen molar-refractivity contribution >= 4 is 22.7 Å². The van der Waals surface area contributed by atoms with Gasteiger partial charge in [-0.3, -0.25) is 4.98 Å². The van der Waals surface area contributed by atoms with Crippen LogP contribution in [0, 0.1) is 0 Å². The minimum absolute atomic E-state index is 0.619. The van der Waals surface area contributed by atoms with Crippen LogP contribution in [0.1, 0.15) is 0 Å². The minimum Gasteiger partial charge on any atom is -0.334 e. The maximum absolute atomic E-state index is 4.63. The molecule has 0 amide bonds. The van der Waals surface area contributed by atoms with E-state index in [1.807, 2.05) is 66.3 Å². The molecule has 3 aromatic heterocycles. The molecule has 0 saturated carbocycles. The number of aryl methyl sites for hydroxylation is 1. The van der Waals surface area contributed by atoms with Crippen LogP contribution in [0.25, 0.3) is 22.4 Å². The van der Waals surface area contributed by atoms with Crippen LogP contribution in [0.4, 0.5) is 11.6 Å². The van der Waals surface area contributed by atoms with E-state index >= 15 is 0 Å². The Morgan fingerprint density at radius 1 is 0.917 bits per heavy atom. The van der Waals surface area contributed by atoms with Crippen molar-refractivity contribution in [3.8, 4) is 11.4 Å². The van der Waals surface area contributed by atoms with E-state index in [-0.39, 0.29) is 0 Å². The molecule has 24 heavy (non-hydrogen) atoms. The smallest absolute Gasteiger partial charge is 0.230 e. The second-order valence-electron chi connectivity index (χ2n) is 5.54. The molecule has 0 bridgehead atoms. The first-order chi connectivity index (χ1) is 11.7. The third-order valence-corrected chi connectivity index (χ3v) is 3.97. The number of aromatic nitrogens is 5. The first-order valence-electron chi connectivity index (χ1n) is 7.61. The lowest BCUT2D eigenvalue weighted by Gasteiger charge is -2.17. The third-order valence-electron chi connectivity index (χ3n) is 3.97. The van der Waals surface area contributed by atoms with Gasteiger partial charge in [0.05, 0.1) is 28.7 Å². The number of anilines is 2. The van der Waals surface area contributed by atoms with Gasteiger partial charge in [-0.25, -0.2) is 15.0 Å². The fourth-order valence-corrected chi connectivity index (χ4v) is 2.62. The van der Waals surface area contributed by atoms with Gasteiger partial charge in [0, 0.05) is 32.2 Å². The SMILES string of the molecule is CN(c1ccc2c(c1)ncn2C)c1nccc(-c2ccccn2)n1. The van der Waals surface area contributed by atoms with Crippen LogP contribution in [0.15, 0.2) is 61.2 Å². The van der Waals surface area contributed by atoms with Gasteiger partial charge in [0.15, 0.2) is 0 Å². The van der Waals surface area contributed by atoms with E-state index in [9.17, 15) is 0 Å². The monoisotopic (exact) mass is 316 g/mol. The minimum atomic E-state index is 0.619. The Morgan fingerprint density at radius 2 is 1.83 bits per heavy atom. The summed E-state index contributed by atoms with van der Waals surface area (Å²) in [6, 6.07) is 13.8. The van der Waals surface area contributed by atoms with Gasteiger partial charge >= 0.3 is 0 Å². The Balaban J connectivity index is 1.72. The number of rotatable bonds is 3. The summed E-state index contributed by atoms with van der Waals surface area (Å²) in [5, 5.41) is 0. The van der Waals surface area contributed by atoms with Gasteiger partial charge in [-0.05, 0) is 36.4 Å². The molecule has 3 heterocycles. The molecule has 0 aliphatic carbocycles. The van der Waals surface area contributed by atoms with E-state index in [2.05, 4.69) is 26.0 Å². The van der Waals surface area contributed by atoms with Gasteiger partial charge in [0.25, 0.3) is 0 Å². The van der Waals surface area contributed by atoms with E-state index in [4.69, 9.17) is 0 Å². The second-order valence-corrected chi connectivity index (χ2v) is 5.54. The normalized spacial score (nSPS) is 10.9. The highest BCUT2D eigenvalue weighted by atomic mass is 15.2. The molecule has 118 valence electrons. The number of fused-ring (bicyclic) bond motifs is 1. The quantitative estimate of drug-likeness (QED) is 0.581. The van der Waals surface area contributed by atoms with Crippen molar-refractivity contribution in [1.82, 2.24) is 24.5 Å². The third kappa shape index (κ3) is 2.48. The maximum Gasteiger partial charge on any atom is 0.230 e. The molecule has 6 nitrogen and oxygen atoms in total. The molecule has 0 fully saturated rings. The van der Waals surface area contributed by atoms with Crippen molar-refractivity contribution in [2.24, 2.45) is 7.05 Å². The Kier molecular flexibility index (Phi) is 3.42. The topological polar surface area (TPSA) is 59.7 Å². The summed E-state index contributed by atoms with van der Waals surface area (Å²) in [6.07, 6.45) is 5.32. The Labute approximate surface area is 139 Å². The molecular weight excluding hydrogens is 300 g/mol. The highest BCUT2D eigenvalue weighted by Gasteiger charge is 2.11. The molecule has 0 N–H and O–H groups in total. The zero-order chi connectivity index (χ0) is 16.5. The molecule has 6 heteroatoms. The van der Waals surface area contributed by atoms with Crippen LogP contribution in [0.2, 0.25) is 0 Å². The molecule has 0 unspecified atom stereocenters. The molecule has 0 atom stereocenters. The first-order valence-corrected chi connectivity index (χ1v) is 7.61. The predicted octanol–water partition coefficient (Wildman–Crippen LogP) is 3.19. The van der Waals surface area contributed by atoms with Crippen LogP contribution in [-0.4, -0.2) is 31.6 Å². The zero-order valence-corrected chi connectivity index (χ0v) is 13.5. The van der Waals surface area contributed by atoms with E-state index < -0.39 is 0 Å². The standard InChI is InChI=1S/C18H16N6/c1-23-12-21-16-11-13(6-7-17(16)23)24(2)18-20-10-8-15(22-18)14-5-3-4-9-19-14/h3-12H,1-2H3. The number of pyridine rings is 1. The van der Waals surface area contributed by atoms with E-state index in [0.29, 0.717) is 5.95 Å². The molecule has 0 saturated heterocycles. The van der Waals surface area contributed by atoms with E-state index in [0.717, 1.165) is 28.1 Å². The maximum atomic E-state index is 4.63. The average molecular weight is 316 g/mol. The van der Waals surface area contributed by atoms with Gasteiger partial charge in [-0.1, -0.05) is 6.07 Å². The van der Waals surface area contributed by atoms with Crippen molar-refractivity contribution in [2.75, 3.05) is 11.9 Å². The molecule has 1 aromatic carbocycles. The highest BCUT2D eigenvalue weighted by Crippen LogP contribution is 2.25. The van der Waals surface area contributed by atoms with Gasteiger partial charge in [0.1, 0.15) is 0 Å². The molecule has 0 aliphatic rings. The van der Waals surface area contributed by atoms with Crippen LogP contribution in [0.3, 0.4) is 0 Å². The lowest BCUT2D eigenvalue weighted by atomic mass is 10.2.